The zero-order chi connectivity index (χ0) is 14.0. The van der Waals surface area contributed by atoms with Gasteiger partial charge in [0.15, 0.2) is 0 Å². The summed E-state index contributed by atoms with van der Waals surface area (Å²) in [6.07, 6.45) is 1.23. The maximum Gasteiger partial charge on any atom is 0.244 e. The van der Waals surface area contributed by atoms with Crippen LogP contribution in [0.1, 0.15) is 37.4 Å². The molecule has 0 saturated carbocycles. The first-order valence-corrected chi connectivity index (χ1v) is 6.67. The van der Waals surface area contributed by atoms with E-state index in [4.69, 9.17) is 5.73 Å². The van der Waals surface area contributed by atoms with Crippen LogP contribution in [0.2, 0.25) is 0 Å². The Kier molecular flexibility index (Phi) is 3.88. The SMILES string of the molecule is CC(C)CC(=O)N1CCc2ccccc2C1C(N)=O. The van der Waals surface area contributed by atoms with Crippen LogP contribution in [0.15, 0.2) is 24.3 Å². The molecule has 1 atom stereocenters. The highest BCUT2D eigenvalue weighted by atomic mass is 16.2. The zero-order valence-corrected chi connectivity index (χ0v) is 11.4. The van der Waals surface area contributed by atoms with Gasteiger partial charge in [-0.1, -0.05) is 38.1 Å². The summed E-state index contributed by atoms with van der Waals surface area (Å²) in [4.78, 5) is 25.6. The van der Waals surface area contributed by atoms with Crippen LogP contribution in [-0.2, 0) is 16.0 Å². The molecule has 1 aliphatic heterocycles. The van der Waals surface area contributed by atoms with E-state index in [2.05, 4.69) is 0 Å². The van der Waals surface area contributed by atoms with Crippen LogP contribution in [0, 0.1) is 5.92 Å². The molecule has 2 rings (SSSR count). The normalized spacial score (nSPS) is 18.3. The molecule has 19 heavy (non-hydrogen) atoms. The van der Waals surface area contributed by atoms with Gasteiger partial charge in [-0.15, -0.1) is 0 Å². The van der Waals surface area contributed by atoms with Crippen LogP contribution < -0.4 is 5.73 Å². The first-order chi connectivity index (χ1) is 9.00. The summed E-state index contributed by atoms with van der Waals surface area (Å²) in [5, 5.41) is 0. The molecule has 1 aromatic rings. The van der Waals surface area contributed by atoms with Gasteiger partial charge >= 0.3 is 0 Å². The minimum atomic E-state index is -0.615. The highest BCUT2D eigenvalue weighted by Gasteiger charge is 2.34. The first-order valence-electron chi connectivity index (χ1n) is 6.67. The molecule has 4 nitrogen and oxygen atoms in total. The number of benzene rings is 1. The minimum absolute atomic E-state index is 0.00769. The highest BCUT2D eigenvalue weighted by molar-refractivity contribution is 5.88. The molecule has 2 N–H and O–H groups in total. The van der Waals surface area contributed by atoms with E-state index in [1.807, 2.05) is 38.1 Å². The lowest BCUT2D eigenvalue weighted by Crippen LogP contribution is -2.46. The van der Waals surface area contributed by atoms with Gasteiger partial charge in [-0.25, -0.2) is 0 Å². The maximum atomic E-state index is 12.3. The molecule has 0 fully saturated rings. The number of nitrogens with zero attached hydrogens (tertiary/aromatic N) is 1. The molecule has 1 unspecified atom stereocenters. The van der Waals surface area contributed by atoms with E-state index in [0.717, 1.165) is 17.5 Å². The third-order valence-electron chi connectivity index (χ3n) is 3.46. The van der Waals surface area contributed by atoms with E-state index in [-0.39, 0.29) is 11.8 Å². The lowest BCUT2D eigenvalue weighted by atomic mass is 9.91. The van der Waals surface area contributed by atoms with E-state index in [9.17, 15) is 9.59 Å². The first kappa shape index (κ1) is 13.6. The minimum Gasteiger partial charge on any atom is -0.368 e. The molecule has 0 aromatic heterocycles. The van der Waals surface area contributed by atoms with Crippen molar-refractivity contribution >= 4 is 11.8 Å². The third kappa shape index (κ3) is 2.78. The molecule has 102 valence electrons. The number of carbonyl (C=O) groups excluding carboxylic acids is 2. The van der Waals surface area contributed by atoms with Crippen LogP contribution in [0.5, 0.6) is 0 Å². The number of hydrogen-bond donors (Lipinski definition) is 1. The van der Waals surface area contributed by atoms with Gasteiger partial charge in [-0.05, 0) is 23.5 Å². The van der Waals surface area contributed by atoms with Crippen molar-refractivity contribution in [1.82, 2.24) is 4.90 Å². The average molecular weight is 260 g/mol. The van der Waals surface area contributed by atoms with Crippen LogP contribution >= 0.6 is 0 Å². The van der Waals surface area contributed by atoms with Crippen molar-refractivity contribution in [3.05, 3.63) is 35.4 Å². The Hall–Kier alpha value is -1.84. The van der Waals surface area contributed by atoms with Gasteiger partial charge in [0.1, 0.15) is 6.04 Å². The van der Waals surface area contributed by atoms with Crippen molar-refractivity contribution in [2.24, 2.45) is 11.7 Å². The molecule has 1 aliphatic rings. The molecule has 2 amide bonds. The van der Waals surface area contributed by atoms with Gasteiger partial charge in [0, 0.05) is 13.0 Å². The van der Waals surface area contributed by atoms with Crippen LogP contribution in [-0.4, -0.2) is 23.3 Å². The van der Waals surface area contributed by atoms with Gasteiger partial charge in [0.25, 0.3) is 0 Å². The summed E-state index contributed by atoms with van der Waals surface area (Å²) in [7, 11) is 0. The zero-order valence-electron chi connectivity index (χ0n) is 11.4. The number of fused-ring (bicyclic) bond motifs is 1. The van der Waals surface area contributed by atoms with Crippen molar-refractivity contribution in [2.75, 3.05) is 6.54 Å². The molecule has 4 heteroatoms. The summed E-state index contributed by atoms with van der Waals surface area (Å²) in [6, 6.07) is 7.10. The van der Waals surface area contributed by atoms with E-state index in [0.29, 0.717) is 13.0 Å². The van der Waals surface area contributed by atoms with Gasteiger partial charge < -0.3 is 10.6 Å². The summed E-state index contributed by atoms with van der Waals surface area (Å²) in [6.45, 7) is 4.56. The average Bonchev–Trinajstić information content (AvgIpc) is 2.36. The fraction of sp³-hybridized carbons (Fsp3) is 0.467. The Balaban J connectivity index is 2.32. The van der Waals surface area contributed by atoms with E-state index in [1.165, 1.54) is 0 Å². The number of hydrogen-bond acceptors (Lipinski definition) is 2. The van der Waals surface area contributed by atoms with E-state index < -0.39 is 11.9 Å². The topological polar surface area (TPSA) is 63.4 Å². The summed E-state index contributed by atoms with van der Waals surface area (Å²) in [5.74, 6) is -0.171. The monoisotopic (exact) mass is 260 g/mol. The summed E-state index contributed by atoms with van der Waals surface area (Å²) in [5.41, 5.74) is 7.49. The molecular formula is C15H20N2O2. The van der Waals surface area contributed by atoms with Crippen molar-refractivity contribution in [2.45, 2.75) is 32.7 Å². The lowest BCUT2D eigenvalue weighted by molar-refractivity contribution is -0.140. The smallest absolute Gasteiger partial charge is 0.244 e. The van der Waals surface area contributed by atoms with Gasteiger partial charge in [0.05, 0.1) is 0 Å². The molecular weight excluding hydrogens is 240 g/mol. The second kappa shape index (κ2) is 5.43. The second-order valence-electron chi connectivity index (χ2n) is 5.44. The fourth-order valence-electron chi connectivity index (χ4n) is 2.61. The lowest BCUT2D eigenvalue weighted by Gasteiger charge is -2.35. The molecule has 0 radical (unpaired) electrons. The van der Waals surface area contributed by atoms with Gasteiger partial charge in [0.2, 0.25) is 11.8 Å². The Morgan fingerprint density at radius 3 is 2.68 bits per heavy atom. The van der Waals surface area contributed by atoms with Crippen molar-refractivity contribution in [3.63, 3.8) is 0 Å². The summed E-state index contributed by atoms with van der Waals surface area (Å²) >= 11 is 0. The van der Waals surface area contributed by atoms with Crippen LogP contribution in [0.3, 0.4) is 0 Å². The molecule has 1 heterocycles. The quantitative estimate of drug-likeness (QED) is 0.898. The predicted octanol–water partition coefficient (Wildman–Crippen LogP) is 1.64. The number of amides is 2. The Bertz CT molecular complexity index is 497. The Labute approximate surface area is 113 Å². The molecule has 0 spiro atoms. The third-order valence-corrected chi connectivity index (χ3v) is 3.46. The molecule has 0 saturated heterocycles. The van der Waals surface area contributed by atoms with Crippen LogP contribution in [0.25, 0.3) is 0 Å². The van der Waals surface area contributed by atoms with Crippen molar-refractivity contribution in [1.29, 1.82) is 0 Å². The number of nitrogens with two attached hydrogens (primary N) is 1. The number of rotatable bonds is 3. The van der Waals surface area contributed by atoms with Crippen LogP contribution in [0.4, 0.5) is 0 Å². The van der Waals surface area contributed by atoms with Crippen molar-refractivity contribution < 1.29 is 9.59 Å². The fourth-order valence-corrected chi connectivity index (χ4v) is 2.61. The van der Waals surface area contributed by atoms with Gasteiger partial charge in [-0.2, -0.15) is 0 Å². The predicted molar refractivity (Wildman–Crippen MR) is 73.2 cm³/mol. The standard InChI is InChI=1S/C15H20N2O2/c1-10(2)9-13(18)17-8-7-11-5-3-4-6-12(11)14(17)15(16)19/h3-6,10,14H,7-9H2,1-2H3,(H2,16,19). The largest absolute Gasteiger partial charge is 0.368 e. The highest BCUT2D eigenvalue weighted by Crippen LogP contribution is 2.30. The Morgan fingerprint density at radius 2 is 2.05 bits per heavy atom. The van der Waals surface area contributed by atoms with E-state index >= 15 is 0 Å². The van der Waals surface area contributed by atoms with E-state index in [1.54, 1.807) is 4.90 Å². The summed E-state index contributed by atoms with van der Waals surface area (Å²) < 4.78 is 0. The number of primary amides is 1. The van der Waals surface area contributed by atoms with Crippen molar-refractivity contribution in [3.8, 4) is 0 Å². The molecule has 0 aliphatic carbocycles. The van der Waals surface area contributed by atoms with Gasteiger partial charge in [-0.3, -0.25) is 9.59 Å². The second-order valence-corrected chi connectivity index (χ2v) is 5.44. The molecule has 1 aromatic carbocycles. The maximum absolute atomic E-state index is 12.3. The Morgan fingerprint density at radius 1 is 1.37 bits per heavy atom. The number of carbonyl (C=O) groups is 2. The molecule has 0 bridgehead atoms.